The van der Waals surface area contributed by atoms with Crippen molar-refractivity contribution in [2.45, 2.75) is 6.42 Å². The van der Waals surface area contributed by atoms with Crippen LogP contribution in [0.15, 0.2) is 17.6 Å². The van der Waals surface area contributed by atoms with Gasteiger partial charge in [0.05, 0.1) is 5.01 Å². The number of thiazole rings is 1. The minimum atomic E-state index is -1.32. The van der Waals surface area contributed by atoms with E-state index in [0.29, 0.717) is 19.0 Å². The number of hydrogen-bond acceptors (Lipinski definition) is 4. The van der Waals surface area contributed by atoms with E-state index in [0.717, 1.165) is 5.01 Å². The summed E-state index contributed by atoms with van der Waals surface area (Å²) in [5.41, 5.74) is 0. The molecule has 0 aliphatic heterocycles. The molecule has 0 spiro atoms. The molecule has 0 fully saturated rings. The fourth-order valence-electron chi connectivity index (χ4n) is 1.23. The molecule has 0 atom stereocenters. The molecule has 2 aromatic heterocycles. The van der Waals surface area contributed by atoms with E-state index in [1.165, 1.54) is 11.3 Å². The van der Waals surface area contributed by atoms with E-state index < -0.39 is 17.6 Å². The standard InChI is InChI=1S/C10H8F3N3S/c11-6-5-7(12)10(16-9(6)13)15-2-1-8-14-3-4-17-8/h3-5H,1-2H2,(H,15,16). The van der Waals surface area contributed by atoms with E-state index >= 15 is 0 Å². The van der Waals surface area contributed by atoms with Gasteiger partial charge in [-0.2, -0.15) is 9.37 Å². The molecular weight excluding hydrogens is 251 g/mol. The molecule has 0 saturated heterocycles. The van der Waals surface area contributed by atoms with Crippen LogP contribution in [0.2, 0.25) is 0 Å². The van der Waals surface area contributed by atoms with Crippen molar-refractivity contribution in [3.63, 3.8) is 0 Å². The van der Waals surface area contributed by atoms with E-state index in [9.17, 15) is 13.2 Å². The van der Waals surface area contributed by atoms with Crippen molar-refractivity contribution in [3.05, 3.63) is 40.2 Å². The highest BCUT2D eigenvalue weighted by atomic mass is 32.1. The van der Waals surface area contributed by atoms with Gasteiger partial charge in [-0.05, 0) is 0 Å². The van der Waals surface area contributed by atoms with Gasteiger partial charge in [0.2, 0.25) is 0 Å². The van der Waals surface area contributed by atoms with Crippen molar-refractivity contribution in [1.29, 1.82) is 0 Å². The SMILES string of the molecule is Fc1cc(F)c(NCCc2nccs2)nc1F. The molecule has 0 bridgehead atoms. The van der Waals surface area contributed by atoms with Gasteiger partial charge in [0.25, 0.3) is 5.95 Å². The van der Waals surface area contributed by atoms with Crippen LogP contribution >= 0.6 is 11.3 Å². The van der Waals surface area contributed by atoms with Crippen LogP contribution in [0.1, 0.15) is 5.01 Å². The molecule has 7 heteroatoms. The topological polar surface area (TPSA) is 37.8 Å². The van der Waals surface area contributed by atoms with Gasteiger partial charge in [0.1, 0.15) is 0 Å². The number of hydrogen-bond donors (Lipinski definition) is 1. The maximum atomic E-state index is 13.2. The Morgan fingerprint density at radius 1 is 1.24 bits per heavy atom. The number of nitrogens with zero attached hydrogens (tertiary/aromatic N) is 2. The predicted molar refractivity (Wildman–Crippen MR) is 58.4 cm³/mol. The quantitative estimate of drug-likeness (QED) is 0.858. The molecule has 0 amide bonds. The van der Waals surface area contributed by atoms with E-state index in [1.807, 2.05) is 5.38 Å². The minimum Gasteiger partial charge on any atom is -0.367 e. The summed E-state index contributed by atoms with van der Waals surface area (Å²) in [5.74, 6) is -3.82. The maximum absolute atomic E-state index is 13.2. The van der Waals surface area contributed by atoms with Gasteiger partial charge < -0.3 is 5.32 Å². The van der Waals surface area contributed by atoms with Crippen LogP contribution in [0.25, 0.3) is 0 Å². The zero-order valence-electron chi connectivity index (χ0n) is 8.58. The van der Waals surface area contributed by atoms with Crippen molar-refractivity contribution in [3.8, 4) is 0 Å². The molecule has 2 aromatic rings. The molecule has 0 radical (unpaired) electrons. The Bertz CT molecular complexity index is 502. The van der Waals surface area contributed by atoms with Crippen LogP contribution in [0.4, 0.5) is 19.0 Å². The van der Waals surface area contributed by atoms with Gasteiger partial charge in [-0.25, -0.2) is 13.8 Å². The molecular formula is C10H8F3N3S. The molecule has 2 heterocycles. The second-order valence-corrected chi connectivity index (χ2v) is 4.17. The fraction of sp³-hybridized carbons (Fsp3) is 0.200. The van der Waals surface area contributed by atoms with Crippen LogP contribution < -0.4 is 5.32 Å². The first kappa shape index (κ1) is 11.8. The molecule has 3 nitrogen and oxygen atoms in total. The normalized spacial score (nSPS) is 10.5. The highest BCUT2D eigenvalue weighted by Crippen LogP contribution is 2.14. The second-order valence-electron chi connectivity index (χ2n) is 3.19. The maximum Gasteiger partial charge on any atom is 0.251 e. The summed E-state index contributed by atoms with van der Waals surface area (Å²) < 4.78 is 38.5. The first-order valence-electron chi connectivity index (χ1n) is 4.80. The molecule has 0 aliphatic carbocycles. The largest absolute Gasteiger partial charge is 0.367 e. The molecule has 0 aliphatic rings. The second kappa shape index (κ2) is 5.13. The average molecular weight is 259 g/mol. The molecule has 0 aromatic carbocycles. The monoisotopic (exact) mass is 259 g/mol. The van der Waals surface area contributed by atoms with Gasteiger partial charge in [-0.3, -0.25) is 0 Å². The lowest BCUT2D eigenvalue weighted by Gasteiger charge is -2.05. The Kier molecular flexibility index (Phi) is 3.58. The Morgan fingerprint density at radius 3 is 2.76 bits per heavy atom. The van der Waals surface area contributed by atoms with Gasteiger partial charge in [-0.15, -0.1) is 11.3 Å². The van der Waals surface area contributed by atoms with Gasteiger partial charge in [0.15, 0.2) is 17.5 Å². The highest BCUT2D eigenvalue weighted by Gasteiger charge is 2.11. The molecule has 1 N–H and O–H groups in total. The molecule has 2 rings (SSSR count). The zero-order chi connectivity index (χ0) is 12.3. The van der Waals surface area contributed by atoms with Crippen LogP contribution in [0.3, 0.4) is 0 Å². The fourth-order valence-corrected chi connectivity index (χ4v) is 1.85. The lowest BCUT2D eigenvalue weighted by molar-refractivity contribution is 0.466. The van der Waals surface area contributed by atoms with Gasteiger partial charge >= 0.3 is 0 Å². The summed E-state index contributed by atoms with van der Waals surface area (Å²) >= 11 is 1.47. The summed E-state index contributed by atoms with van der Waals surface area (Å²) in [4.78, 5) is 7.18. The number of anilines is 1. The molecule has 0 unspecified atom stereocenters. The van der Waals surface area contributed by atoms with E-state index in [-0.39, 0.29) is 5.82 Å². The van der Waals surface area contributed by atoms with E-state index in [2.05, 4.69) is 15.3 Å². The van der Waals surface area contributed by atoms with E-state index in [4.69, 9.17) is 0 Å². The lowest BCUT2D eigenvalue weighted by atomic mass is 10.4. The van der Waals surface area contributed by atoms with Gasteiger partial charge in [-0.1, -0.05) is 0 Å². The first-order valence-corrected chi connectivity index (χ1v) is 5.68. The molecule has 90 valence electrons. The van der Waals surface area contributed by atoms with Crippen LogP contribution in [-0.2, 0) is 6.42 Å². The van der Waals surface area contributed by atoms with E-state index in [1.54, 1.807) is 6.20 Å². The highest BCUT2D eigenvalue weighted by molar-refractivity contribution is 7.09. The molecule has 0 saturated carbocycles. The number of aromatic nitrogens is 2. The van der Waals surface area contributed by atoms with Crippen LogP contribution in [0.5, 0.6) is 0 Å². The van der Waals surface area contributed by atoms with Crippen molar-refractivity contribution < 1.29 is 13.2 Å². The summed E-state index contributed by atoms with van der Waals surface area (Å²) in [7, 11) is 0. The summed E-state index contributed by atoms with van der Waals surface area (Å²) in [5, 5.41) is 5.29. The zero-order valence-corrected chi connectivity index (χ0v) is 9.40. The average Bonchev–Trinajstić information content (AvgIpc) is 2.78. The van der Waals surface area contributed by atoms with Crippen molar-refractivity contribution in [1.82, 2.24) is 9.97 Å². The number of rotatable bonds is 4. The lowest BCUT2D eigenvalue weighted by Crippen LogP contribution is -2.09. The summed E-state index contributed by atoms with van der Waals surface area (Å²) in [6.07, 6.45) is 2.23. The smallest absolute Gasteiger partial charge is 0.251 e. The third-order valence-electron chi connectivity index (χ3n) is 2.00. The van der Waals surface area contributed by atoms with Crippen LogP contribution in [0, 0.1) is 17.6 Å². The minimum absolute atomic E-state index is 0.291. The first-order chi connectivity index (χ1) is 8.16. The Hall–Kier alpha value is -1.63. The Balaban J connectivity index is 1.97. The van der Waals surface area contributed by atoms with Crippen molar-refractivity contribution in [2.75, 3.05) is 11.9 Å². The number of halogens is 3. The van der Waals surface area contributed by atoms with Crippen molar-refractivity contribution >= 4 is 17.2 Å². The van der Waals surface area contributed by atoms with Gasteiger partial charge in [0, 0.05) is 30.6 Å². The summed E-state index contributed by atoms with van der Waals surface area (Å²) in [6.45, 7) is 0.350. The summed E-state index contributed by atoms with van der Waals surface area (Å²) in [6, 6.07) is 0.466. The van der Waals surface area contributed by atoms with Crippen LogP contribution in [-0.4, -0.2) is 16.5 Å². The Morgan fingerprint density at radius 2 is 2.06 bits per heavy atom. The third-order valence-corrected chi connectivity index (χ3v) is 2.84. The number of nitrogens with one attached hydrogen (secondary N) is 1. The number of pyridine rings is 1. The molecule has 17 heavy (non-hydrogen) atoms. The Labute approximate surface area is 99.3 Å². The third kappa shape index (κ3) is 2.94. The van der Waals surface area contributed by atoms with Crippen molar-refractivity contribution in [2.24, 2.45) is 0 Å². The predicted octanol–water partition coefficient (Wildman–Crippen LogP) is 2.61.